The number of nitrogens with one attached hydrogen (secondary N) is 2. The van der Waals surface area contributed by atoms with Crippen molar-refractivity contribution in [2.24, 2.45) is 0 Å². The summed E-state index contributed by atoms with van der Waals surface area (Å²) in [5, 5.41) is 8.67. The molecule has 0 saturated heterocycles. The van der Waals surface area contributed by atoms with Gasteiger partial charge in [0, 0.05) is 17.8 Å². The molecule has 3 heterocycles. The summed E-state index contributed by atoms with van der Waals surface area (Å²) in [6.07, 6.45) is 0.130. The summed E-state index contributed by atoms with van der Waals surface area (Å²) in [4.78, 5) is 30.5. The van der Waals surface area contributed by atoms with Crippen LogP contribution in [0.3, 0.4) is 0 Å². The molecule has 7 nitrogen and oxygen atoms in total. The molecule has 3 amide bonds. The van der Waals surface area contributed by atoms with Gasteiger partial charge in [-0.2, -0.15) is 0 Å². The predicted octanol–water partition coefficient (Wildman–Crippen LogP) is 2.97. The van der Waals surface area contributed by atoms with E-state index in [-0.39, 0.29) is 6.03 Å². The fraction of sp³-hybridized carbons (Fsp3) is 0.308. The van der Waals surface area contributed by atoms with Crippen molar-refractivity contribution in [3.05, 3.63) is 28.1 Å². The molecule has 116 valence electrons. The molecule has 1 aliphatic rings. The van der Waals surface area contributed by atoms with Crippen molar-refractivity contribution in [2.45, 2.75) is 13.0 Å². The average molecular weight is 338 g/mol. The lowest BCUT2D eigenvalue weighted by Gasteiger charge is -2.25. The van der Waals surface area contributed by atoms with Crippen LogP contribution in [0.25, 0.3) is 0 Å². The molecule has 0 aromatic carbocycles. The lowest BCUT2D eigenvalue weighted by atomic mass is 10.2. The second-order valence-electron chi connectivity index (χ2n) is 4.58. The zero-order chi connectivity index (χ0) is 15.5. The van der Waals surface area contributed by atoms with Crippen LogP contribution < -0.4 is 10.6 Å². The van der Waals surface area contributed by atoms with Crippen LogP contribution in [0, 0.1) is 0 Å². The highest BCUT2D eigenvalue weighted by molar-refractivity contribution is 7.16. The molecule has 2 aromatic rings. The van der Waals surface area contributed by atoms with Crippen molar-refractivity contribution in [3.8, 4) is 0 Å². The first-order chi connectivity index (χ1) is 10.7. The lowest BCUT2D eigenvalue weighted by molar-refractivity contribution is 0.187. The number of nitrogens with zero attached hydrogens (tertiary/aromatic N) is 2. The van der Waals surface area contributed by atoms with E-state index in [1.165, 1.54) is 29.8 Å². The van der Waals surface area contributed by atoms with Gasteiger partial charge in [-0.05, 0) is 17.5 Å². The van der Waals surface area contributed by atoms with Crippen LogP contribution in [-0.4, -0.2) is 35.7 Å². The van der Waals surface area contributed by atoms with Crippen LogP contribution in [0.1, 0.15) is 10.6 Å². The van der Waals surface area contributed by atoms with Gasteiger partial charge < -0.3 is 9.64 Å². The molecule has 9 heteroatoms. The number of urea groups is 1. The first-order valence-corrected chi connectivity index (χ1v) is 8.28. The molecule has 2 N–H and O–H groups in total. The zero-order valence-electron chi connectivity index (χ0n) is 11.8. The van der Waals surface area contributed by atoms with E-state index in [1.54, 1.807) is 4.90 Å². The van der Waals surface area contributed by atoms with Crippen LogP contribution >= 0.6 is 22.7 Å². The van der Waals surface area contributed by atoms with Crippen molar-refractivity contribution >= 4 is 44.9 Å². The van der Waals surface area contributed by atoms with E-state index in [9.17, 15) is 9.59 Å². The second-order valence-corrected chi connectivity index (χ2v) is 6.62. The third-order valence-electron chi connectivity index (χ3n) is 3.16. The van der Waals surface area contributed by atoms with Gasteiger partial charge in [0.25, 0.3) is 0 Å². The van der Waals surface area contributed by atoms with Crippen LogP contribution in [0.15, 0.2) is 17.5 Å². The Morgan fingerprint density at radius 2 is 2.27 bits per heavy atom. The molecule has 1 aliphatic heterocycles. The maximum Gasteiger partial charge on any atom is 0.413 e. The van der Waals surface area contributed by atoms with E-state index in [0.717, 1.165) is 15.6 Å². The minimum absolute atomic E-state index is 0.121. The van der Waals surface area contributed by atoms with Crippen LogP contribution in [0.5, 0.6) is 0 Å². The monoisotopic (exact) mass is 338 g/mol. The second kappa shape index (κ2) is 6.32. The molecule has 0 radical (unpaired) electrons. The molecule has 0 bridgehead atoms. The van der Waals surface area contributed by atoms with E-state index < -0.39 is 6.09 Å². The van der Waals surface area contributed by atoms with E-state index in [2.05, 4.69) is 20.4 Å². The van der Waals surface area contributed by atoms with Crippen molar-refractivity contribution in [3.63, 3.8) is 0 Å². The normalized spacial score (nSPS) is 13.4. The number of fused-ring (bicyclic) bond motifs is 1. The van der Waals surface area contributed by atoms with Crippen molar-refractivity contribution in [2.75, 3.05) is 24.3 Å². The number of hydrogen-bond acceptors (Lipinski definition) is 6. The maximum absolute atomic E-state index is 12.2. The fourth-order valence-electron chi connectivity index (χ4n) is 2.09. The largest absolute Gasteiger partial charge is 0.453 e. The molecule has 0 unspecified atom stereocenters. The standard InChI is InChI=1S/C13H14N4O3S2/c1-20-13(19)16-11-14-8-4-5-17(7-9(8)22-11)12(18)15-10-3-2-6-21-10/h2-3,6H,4-5,7H2,1H3,(H,15,18)(H,14,16,19). The van der Waals surface area contributed by atoms with E-state index in [1.807, 2.05) is 17.5 Å². The molecular formula is C13H14N4O3S2. The average Bonchev–Trinajstić information content (AvgIpc) is 3.14. The number of thiophene rings is 1. The molecule has 0 fully saturated rings. The highest BCUT2D eigenvalue weighted by Gasteiger charge is 2.24. The molecule has 0 saturated carbocycles. The Kier molecular flexibility index (Phi) is 4.25. The van der Waals surface area contributed by atoms with Gasteiger partial charge in [-0.25, -0.2) is 14.6 Å². The SMILES string of the molecule is COC(=O)Nc1nc2c(s1)CN(C(=O)Nc1cccs1)CC2. The van der Waals surface area contributed by atoms with Crippen molar-refractivity contribution in [1.29, 1.82) is 0 Å². The molecule has 0 aliphatic carbocycles. The number of thiazole rings is 1. The summed E-state index contributed by atoms with van der Waals surface area (Å²) in [5.74, 6) is 0. The van der Waals surface area contributed by atoms with E-state index >= 15 is 0 Å². The number of amides is 3. The quantitative estimate of drug-likeness (QED) is 0.882. The molecule has 2 aromatic heterocycles. The number of aromatic nitrogens is 1. The highest BCUT2D eigenvalue weighted by Crippen LogP contribution is 2.29. The van der Waals surface area contributed by atoms with Gasteiger partial charge in [0.2, 0.25) is 0 Å². The van der Waals surface area contributed by atoms with Crippen LogP contribution in [0.4, 0.5) is 19.7 Å². The number of carbonyl (C=O) groups excluding carboxylic acids is 2. The van der Waals surface area contributed by atoms with Gasteiger partial charge >= 0.3 is 12.1 Å². The van der Waals surface area contributed by atoms with E-state index in [0.29, 0.717) is 24.6 Å². The van der Waals surface area contributed by atoms with Gasteiger partial charge in [-0.3, -0.25) is 10.6 Å². The Morgan fingerprint density at radius 1 is 1.41 bits per heavy atom. The van der Waals surface area contributed by atoms with Crippen molar-refractivity contribution in [1.82, 2.24) is 9.88 Å². The number of hydrogen-bond donors (Lipinski definition) is 2. The fourth-order valence-corrected chi connectivity index (χ4v) is 3.71. The van der Waals surface area contributed by atoms with Gasteiger partial charge in [0.1, 0.15) is 0 Å². The topological polar surface area (TPSA) is 83.6 Å². The Bertz CT molecular complexity index is 684. The number of methoxy groups -OCH3 is 1. The number of ether oxygens (including phenoxy) is 1. The minimum Gasteiger partial charge on any atom is -0.453 e. The number of carbonyl (C=O) groups is 2. The Morgan fingerprint density at radius 3 is 3.00 bits per heavy atom. The summed E-state index contributed by atoms with van der Waals surface area (Å²) in [7, 11) is 1.31. The Labute approximate surface area is 134 Å². The molecule has 0 spiro atoms. The zero-order valence-corrected chi connectivity index (χ0v) is 13.4. The molecule has 22 heavy (non-hydrogen) atoms. The maximum atomic E-state index is 12.2. The summed E-state index contributed by atoms with van der Waals surface area (Å²) >= 11 is 2.85. The number of anilines is 2. The Hall–Kier alpha value is -2.13. The Balaban J connectivity index is 1.65. The van der Waals surface area contributed by atoms with Gasteiger partial charge in [-0.1, -0.05) is 11.3 Å². The third-order valence-corrected chi connectivity index (χ3v) is 4.95. The van der Waals surface area contributed by atoms with Crippen LogP contribution in [0.2, 0.25) is 0 Å². The van der Waals surface area contributed by atoms with E-state index in [4.69, 9.17) is 0 Å². The predicted molar refractivity (Wildman–Crippen MR) is 85.6 cm³/mol. The first-order valence-electron chi connectivity index (χ1n) is 6.58. The first kappa shape index (κ1) is 14.8. The molecule has 3 rings (SSSR count). The summed E-state index contributed by atoms with van der Waals surface area (Å²) < 4.78 is 4.55. The van der Waals surface area contributed by atoms with Gasteiger partial charge in [-0.15, -0.1) is 11.3 Å². The summed E-state index contributed by atoms with van der Waals surface area (Å²) in [6, 6.07) is 3.63. The minimum atomic E-state index is -0.543. The van der Waals surface area contributed by atoms with Gasteiger partial charge in [0.05, 0.1) is 24.3 Å². The molecule has 0 atom stereocenters. The third kappa shape index (κ3) is 3.20. The number of rotatable bonds is 2. The summed E-state index contributed by atoms with van der Waals surface area (Å²) in [5.41, 5.74) is 0.927. The highest BCUT2D eigenvalue weighted by atomic mass is 32.1. The smallest absolute Gasteiger partial charge is 0.413 e. The van der Waals surface area contributed by atoms with Crippen LogP contribution in [-0.2, 0) is 17.7 Å². The molecular weight excluding hydrogens is 324 g/mol. The van der Waals surface area contributed by atoms with Crippen molar-refractivity contribution < 1.29 is 14.3 Å². The van der Waals surface area contributed by atoms with Gasteiger partial charge in [0.15, 0.2) is 5.13 Å². The lowest BCUT2D eigenvalue weighted by Crippen LogP contribution is -2.38. The summed E-state index contributed by atoms with van der Waals surface area (Å²) in [6.45, 7) is 1.10.